The molecular formula is C24H17ClO. The van der Waals surface area contributed by atoms with Crippen LogP contribution in [0.25, 0.3) is 0 Å². The van der Waals surface area contributed by atoms with Crippen LogP contribution in [0.3, 0.4) is 0 Å². The van der Waals surface area contributed by atoms with Gasteiger partial charge in [0.1, 0.15) is 5.41 Å². The highest BCUT2D eigenvalue weighted by molar-refractivity contribution is 6.30. The Morgan fingerprint density at radius 1 is 0.885 bits per heavy atom. The molecule has 2 heteroatoms. The lowest BCUT2D eigenvalue weighted by Gasteiger charge is -2.10. The van der Waals surface area contributed by atoms with Gasteiger partial charge in [-0.25, -0.2) is 0 Å². The molecule has 0 aliphatic heterocycles. The molecule has 4 rings (SSSR count). The molecule has 0 saturated heterocycles. The molecule has 1 aliphatic carbocycles. The lowest BCUT2D eigenvalue weighted by atomic mass is 9.90. The molecule has 0 N–H and O–H groups in total. The van der Waals surface area contributed by atoms with Crippen molar-refractivity contribution in [1.29, 1.82) is 0 Å². The summed E-state index contributed by atoms with van der Waals surface area (Å²) in [6.07, 6.45) is 0.738. The second-order valence-corrected chi connectivity index (χ2v) is 7.03. The molecule has 0 amide bonds. The number of hydrogen-bond acceptors (Lipinski definition) is 1. The van der Waals surface area contributed by atoms with Crippen molar-refractivity contribution >= 4 is 17.4 Å². The fourth-order valence-corrected chi connectivity index (χ4v) is 3.48. The maximum absolute atomic E-state index is 13.3. The Bertz CT molecular complexity index is 981. The molecule has 0 unspecified atom stereocenters. The summed E-state index contributed by atoms with van der Waals surface area (Å²) in [6, 6.07) is 27.0. The second kappa shape index (κ2) is 6.83. The smallest absolute Gasteiger partial charge is 0.181 e. The first-order valence-electron chi connectivity index (χ1n) is 8.62. The van der Waals surface area contributed by atoms with Gasteiger partial charge in [-0.05, 0) is 36.2 Å². The number of halogens is 1. The van der Waals surface area contributed by atoms with Crippen LogP contribution in [-0.4, -0.2) is 5.78 Å². The van der Waals surface area contributed by atoms with Crippen LogP contribution in [-0.2, 0) is 0 Å². The highest BCUT2D eigenvalue weighted by atomic mass is 35.5. The van der Waals surface area contributed by atoms with Crippen LogP contribution in [0.15, 0.2) is 84.9 Å². The summed E-state index contributed by atoms with van der Waals surface area (Å²) < 4.78 is 0. The van der Waals surface area contributed by atoms with Gasteiger partial charge in [-0.15, -0.1) is 0 Å². The predicted octanol–water partition coefficient (Wildman–Crippen LogP) is 5.75. The van der Waals surface area contributed by atoms with Crippen molar-refractivity contribution in [3.63, 3.8) is 0 Å². The third-order valence-corrected chi connectivity index (χ3v) is 5.13. The number of carbonyl (C=O) groups excluding carboxylic acids is 1. The van der Waals surface area contributed by atoms with Crippen LogP contribution in [0, 0.1) is 17.3 Å². The molecular weight excluding hydrogens is 340 g/mol. The average molecular weight is 357 g/mol. The minimum Gasteiger partial charge on any atom is -0.292 e. The van der Waals surface area contributed by atoms with Crippen LogP contribution in [0.4, 0.5) is 0 Å². The Hall–Kier alpha value is -2.82. The summed E-state index contributed by atoms with van der Waals surface area (Å²) >= 11 is 6.01. The molecule has 0 radical (unpaired) electrons. The molecule has 0 aromatic heterocycles. The van der Waals surface area contributed by atoms with Gasteiger partial charge in [0, 0.05) is 22.1 Å². The Kier molecular flexibility index (Phi) is 4.37. The van der Waals surface area contributed by atoms with Gasteiger partial charge >= 0.3 is 0 Å². The molecule has 1 aliphatic rings. The highest BCUT2D eigenvalue weighted by Gasteiger charge is 2.59. The van der Waals surface area contributed by atoms with Gasteiger partial charge in [0.05, 0.1) is 0 Å². The minimum atomic E-state index is -0.662. The summed E-state index contributed by atoms with van der Waals surface area (Å²) in [5.41, 5.74) is 2.09. The van der Waals surface area contributed by atoms with Gasteiger partial charge in [-0.3, -0.25) is 4.79 Å². The lowest BCUT2D eigenvalue weighted by Crippen LogP contribution is -2.16. The zero-order valence-electron chi connectivity index (χ0n) is 14.2. The van der Waals surface area contributed by atoms with Gasteiger partial charge in [0.15, 0.2) is 5.78 Å². The van der Waals surface area contributed by atoms with E-state index in [-0.39, 0.29) is 11.7 Å². The van der Waals surface area contributed by atoms with E-state index in [2.05, 4.69) is 11.8 Å². The van der Waals surface area contributed by atoms with E-state index in [0.717, 1.165) is 17.5 Å². The molecule has 1 saturated carbocycles. The fourth-order valence-electron chi connectivity index (χ4n) is 3.36. The molecule has 1 nitrogen and oxygen atoms in total. The van der Waals surface area contributed by atoms with Crippen molar-refractivity contribution in [2.75, 3.05) is 0 Å². The largest absolute Gasteiger partial charge is 0.292 e. The van der Waals surface area contributed by atoms with Crippen molar-refractivity contribution in [1.82, 2.24) is 0 Å². The quantitative estimate of drug-likeness (QED) is 0.431. The summed E-state index contributed by atoms with van der Waals surface area (Å²) in [4.78, 5) is 13.3. The SMILES string of the molecule is O=C(c1ccccc1)[C@]1(C#Cc2ccccc2)C[C@H]1c1ccc(Cl)cc1. The summed E-state index contributed by atoms with van der Waals surface area (Å²) in [5.74, 6) is 6.73. The molecule has 0 spiro atoms. The topological polar surface area (TPSA) is 17.1 Å². The van der Waals surface area contributed by atoms with Crippen LogP contribution in [0.2, 0.25) is 5.02 Å². The maximum atomic E-state index is 13.3. The average Bonchev–Trinajstić information content (AvgIpc) is 3.44. The van der Waals surface area contributed by atoms with Crippen molar-refractivity contribution in [3.8, 4) is 11.8 Å². The normalized spacial score (nSPS) is 20.7. The van der Waals surface area contributed by atoms with Gasteiger partial charge in [0.25, 0.3) is 0 Å². The molecule has 2 atom stereocenters. The molecule has 3 aromatic rings. The number of ketones is 1. The Morgan fingerprint density at radius 3 is 2.15 bits per heavy atom. The third-order valence-electron chi connectivity index (χ3n) is 4.88. The van der Waals surface area contributed by atoms with Crippen molar-refractivity contribution in [3.05, 3.63) is 107 Å². The van der Waals surface area contributed by atoms with Crippen LogP contribution in [0.1, 0.15) is 33.8 Å². The van der Waals surface area contributed by atoms with Crippen molar-refractivity contribution in [2.24, 2.45) is 5.41 Å². The van der Waals surface area contributed by atoms with Crippen LogP contribution < -0.4 is 0 Å². The maximum Gasteiger partial charge on any atom is 0.181 e. The number of carbonyl (C=O) groups is 1. The first kappa shape index (κ1) is 16.6. The van der Waals surface area contributed by atoms with Gasteiger partial charge in [0.2, 0.25) is 0 Å². The van der Waals surface area contributed by atoms with E-state index in [1.54, 1.807) is 0 Å². The number of benzene rings is 3. The Balaban J connectivity index is 1.73. The Labute approximate surface area is 158 Å². The van der Waals surface area contributed by atoms with Crippen LogP contribution in [0.5, 0.6) is 0 Å². The van der Waals surface area contributed by atoms with Crippen molar-refractivity contribution in [2.45, 2.75) is 12.3 Å². The van der Waals surface area contributed by atoms with E-state index in [4.69, 9.17) is 11.6 Å². The zero-order valence-corrected chi connectivity index (χ0v) is 14.9. The monoisotopic (exact) mass is 356 g/mol. The van der Waals surface area contributed by atoms with Gasteiger partial charge in [-0.1, -0.05) is 84.1 Å². The zero-order chi connectivity index (χ0) is 18.0. The molecule has 1 fully saturated rings. The number of rotatable bonds is 3. The summed E-state index contributed by atoms with van der Waals surface area (Å²) in [6.45, 7) is 0. The first-order valence-corrected chi connectivity index (χ1v) is 9.00. The third kappa shape index (κ3) is 3.17. The predicted molar refractivity (Wildman–Crippen MR) is 105 cm³/mol. The van der Waals surface area contributed by atoms with Gasteiger partial charge < -0.3 is 0 Å². The standard InChI is InChI=1S/C24H17ClO/c25-21-13-11-19(12-14-21)22-17-24(22,16-15-18-7-3-1-4-8-18)23(26)20-9-5-2-6-10-20/h1-14,22H,17H2/t22-,24+/m0/s1. The van der Waals surface area contributed by atoms with E-state index in [1.807, 2.05) is 84.9 Å². The molecule has 3 aromatic carbocycles. The Morgan fingerprint density at radius 2 is 1.50 bits per heavy atom. The molecule has 26 heavy (non-hydrogen) atoms. The number of Topliss-reactive ketones (excluding diaryl/α,β-unsaturated/α-hetero) is 1. The van der Waals surface area contributed by atoms with Crippen molar-refractivity contribution < 1.29 is 4.79 Å². The van der Waals surface area contributed by atoms with Crippen LogP contribution >= 0.6 is 11.6 Å². The number of hydrogen-bond donors (Lipinski definition) is 0. The van der Waals surface area contributed by atoms with E-state index in [9.17, 15) is 4.79 Å². The highest BCUT2D eigenvalue weighted by Crippen LogP contribution is 2.60. The molecule has 0 heterocycles. The summed E-state index contributed by atoms with van der Waals surface area (Å²) in [7, 11) is 0. The van der Waals surface area contributed by atoms with E-state index < -0.39 is 5.41 Å². The summed E-state index contributed by atoms with van der Waals surface area (Å²) in [5, 5.41) is 0.699. The molecule has 0 bridgehead atoms. The first-order chi connectivity index (χ1) is 12.7. The van der Waals surface area contributed by atoms with Gasteiger partial charge in [-0.2, -0.15) is 0 Å². The lowest BCUT2D eigenvalue weighted by molar-refractivity contribution is 0.0932. The molecule has 126 valence electrons. The van der Waals surface area contributed by atoms with E-state index in [0.29, 0.717) is 10.6 Å². The van der Waals surface area contributed by atoms with E-state index in [1.165, 1.54) is 0 Å². The fraction of sp³-hybridized carbons (Fsp3) is 0.125. The second-order valence-electron chi connectivity index (χ2n) is 6.59. The minimum absolute atomic E-state index is 0.0986. The van der Waals surface area contributed by atoms with E-state index >= 15 is 0 Å².